The summed E-state index contributed by atoms with van der Waals surface area (Å²) < 4.78 is 0. The average molecular weight is 324 g/mol. The number of halogens is 1. The zero-order valence-corrected chi connectivity index (χ0v) is 13.5. The van der Waals surface area contributed by atoms with Crippen molar-refractivity contribution in [1.82, 2.24) is 16.0 Å². The molecule has 0 saturated heterocycles. The summed E-state index contributed by atoms with van der Waals surface area (Å²) >= 11 is 5.94. The van der Waals surface area contributed by atoms with Crippen LogP contribution in [0.4, 0.5) is 4.79 Å². The Hall–Kier alpha value is -1.59. The number of hydrogen-bond donors (Lipinski definition) is 3. The fourth-order valence-electron chi connectivity index (χ4n) is 2.60. The van der Waals surface area contributed by atoms with E-state index < -0.39 is 6.03 Å². The fourth-order valence-corrected chi connectivity index (χ4v) is 2.80. The Morgan fingerprint density at radius 1 is 1.32 bits per heavy atom. The second kappa shape index (κ2) is 8.15. The summed E-state index contributed by atoms with van der Waals surface area (Å²) in [5, 5.41) is 8.90. The minimum atomic E-state index is -0.408. The van der Waals surface area contributed by atoms with Crippen molar-refractivity contribution in [2.45, 2.75) is 44.7 Å². The van der Waals surface area contributed by atoms with Crippen molar-refractivity contribution < 1.29 is 9.59 Å². The zero-order chi connectivity index (χ0) is 15.9. The normalized spacial score (nSPS) is 16.3. The molecule has 1 aliphatic rings. The van der Waals surface area contributed by atoms with E-state index in [0.29, 0.717) is 5.02 Å². The lowest BCUT2D eigenvalue weighted by Gasteiger charge is -2.15. The van der Waals surface area contributed by atoms with Crippen molar-refractivity contribution in [3.63, 3.8) is 0 Å². The van der Waals surface area contributed by atoms with E-state index in [-0.39, 0.29) is 24.5 Å². The van der Waals surface area contributed by atoms with Gasteiger partial charge in [0, 0.05) is 17.1 Å². The summed E-state index contributed by atoms with van der Waals surface area (Å²) in [7, 11) is 0. The van der Waals surface area contributed by atoms with Crippen LogP contribution in [0.15, 0.2) is 24.3 Å². The molecule has 120 valence electrons. The number of rotatable bonds is 5. The molecule has 0 bridgehead atoms. The van der Waals surface area contributed by atoms with Gasteiger partial charge in [-0.05, 0) is 37.5 Å². The number of amides is 3. The molecule has 1 atom stereocenters. The molecule has 1 aromatic carbocycles. The Balaban J connectivity index is 1.71. The molecule has 6 heteroatoms. The lowest BCUT2D eigenvalue weighted by Crippen LogP contribution is -2.46. The van der Waals surface area contributed by atoms with Gasteiger partial charge in [0.25, 0.3) is 0 Å². The topological polar surface area (TPSA) is 70.2 Å². The maximum atomic E-state index is 11.8. The highest BCUT2D eigenvalue weighted by molar-refractivity contribution is 6.30. The van der Waals surface area contributed by atoms with Crippen molar-refractivity contribution in [1.29, 1.82) is 0 Å². The van der Waals surface area contributed by atoms with Gasteiger partial charge in [-0.25, -0.2) is 4.79 Å². The van der Waals surface area contributed by atoms with Crippen molar-refractivity contribution in [3.05, 3.63) is 34.9 Å². The Labute approximate surface area is 135 Å². The molecule has 3 amide bonds. The quantitative estimate of drug-likeness (QED) is 0.780. The summed E-state index contributed by atoms with van der Waals surface area (Å²) in [5.74, 6) is -0.343. The van der Waals surface area contributed by atoms with E-state index in [1.165, 1.54) is 0 Å². The molecule has 0 aliphatic heterocycles. The summed E-state index contributed by atoms with van der Waals surface area (Å²) in [4.78, 5) is 23.4. The van der Waals surface area contributed by atoms with Crippen LogP contribution in [0, 0.1) is 0 Å². The molecule has 0 heterocycles. The van der Waals surface area contributed by atoms with Crippen molar-refractivity contribution in [2.75, 3.05) is 6.54 Å². The summed E-state index contributed by atoms with van der Waals surface area (Å²) in [6, 6.07) is 7.23. The lowest BCUT2D eigenvalue weighted by atomic mass is 10.1. The molecular weight excluding hydrogens is 302 g/mol. The number of carbonyl (C=O) groups is 2. The summed E-state index contributed by atoms with van der Waals surface area (Å²) in [5.41, 5.74) is 0.996. The van der Waals surface area contributed by atoms with E-state index >= 15 is 0 Å². The molecule has 0 aromatic heterocycles. The summed E-state index contributed by atoms with van der Waals surface area (Å²) in [6.07, 6.45) is 4.26. The number of urea groups is 1. The third-order valence-electron chi connectivity index (χ3n) is 3.86. The minimum Gasteiger partial charge on any atom is -0.335 e. The van der Waals surface area contributed by atoms with Crippen LogP contribution in [-0.2, 0) is 4.79 Å². The molecule has 3 N–H and O–H groups in total. The summed E-state index contributed by atoms with van der Waals surface area (Å²) in [6.45, 7) is 2.02. The lowest BCUT2D eigenvalue weighted by molar-refractivity contribution is -0.119. The zero-order valence-electron chi connectivity index (χ0n) is 12.7. The highest BCUT2D eigenvalue weighted by atomic mass is 35.5. The third-order valence-corrected chi connectivity index (χ3v) is 4.10. The van der Waals surface area contributed by atoms with Crippen LogP contribution in [0.1, 0.15) is 44.2 Å². The number of nitrogens with one attached hydrogen (secondary N) is 3. The van der Waals surface area contributed by atoms with Gasteiger partial charge in [0.2, 0.25) is 5.91 Å². The predicted molar refractivity (Wildman–Crippen MR) is 86.8 cm³/mol. The van der Waals surface area contributed by atoms with Gasteiger partial charge in [-0.15, -0.1) is 0 Å². The second-order valence-electron chi connectivity index (χ2n) is 5.66. The van der Waals surface area contributed by atoms with E-state index in [9.17, 15) is 9.59 Å². The molecule has 22 heavy (non-hydrogen) atoms. The molecule has 1 aliphatic carbocycles. The van der Waals surface area contributed by atoms with Gasteiger partial charge >= 0.3 is 6.03 Å². The highest BCUT2D eigenvalue weighted by Crippen LogP contribution is 2.18. The Morgan fingerprint density at radius 3 is 2.73 bits per heavy atom. The van der Waals surface area contributed by atoms with E-state index in [2.05, 4.69) is 16.0 Å². The monoisotopic (exact) mass is 323 g/mol. The van der Waals surface area contributed by atoms with E-state index in [4.69, 9.17) is 11.6 Å². The molecule has 1 saturated carbocycles. The van der Waals surface area contributed by atoms with Crippen molar-refractivity contribution in [3.8, 4) is 0 Å². The van der Waals surface area contributed by atoms with Crippen molar-refractivity contribution in [2.24, 2.45) is 0 Å². The molecule has 0 radical (unpaired) electrons. The van der Waals surface area contributed by atoms with Gasteiger partial charge in [0.05, 0.1) is 6.54 Å². The molecule has 0 unspecified atom stereocenters. The molecular formula is C16H22ClN3O2. The maximum Gasteiger partial charge on any atom is 0.321 e. The SMILES string of the molecule is C[C@@H](NCC(=O)NC(=O)NC1CCCC1)c1cccc(Cl)c1. The molecule has 2 rings (SSSR count). The smallest absolute Gasteiger partial charge is 0.321 e. The van der Waals surface area contributed by atoms with Crippen LogP contribution in [-0.4, -0.2) is 24.5 Å². The van der Waals surface area contributed by atoms with Gasteiger partial charge in [-0.2, -0.15) is 0 Å². The van der Waals surface area contributed by atoms with Crippen LogP contribution >= 0.6 is 11.6 Å². The first-order chi connectivity index (χ1) is 10.5. The average Bonchev–Trinajstić information content (AvgIpc) is 2.97. The second-order valence-corrected chi connectivity index (χ2v) is 6.10. The van der Waals surface area contributed by atoms with E-state index in [1.807, 2.05) is 25.1 Å². The molecule has 0 spiro atoms. The maximum absolute atomic E-state index is 11.8. The minimum absolute atomic E-state index is 0.0256. The van der Waals surface area contributed by atoms with Crippen LogP contribution < -0.4 is 16.0 Å². The predicted octanol–water partition coefficient (Wildman–Crippen LogP) is 2.76. The number of imide groups is 1. The van der Waals surface area contributed by atoms with Gasteiger partial charge in [0.15, 0.2) is 0 Å². The first kappa shape index (κ1) is 16.8. The van der Waals surface area contributed by atoms with E-state index in [1.54, 1.807) is 6.07 Å². The van der Waals surface area contributed by atoms with Crippen LogP contribution in [0.2, 0.25) is 5.02 Å². The first-order valence-corrected chi connectivity index (χ1v) is 8.01. The Kier molecular flexibility index (Phi) is 6.21. The van der Waals surface area contributed by atoms with Crippen LogP contribution in [0.3, 0.4) is 0 Å². The van der Waals surface area contributed by atoms with Crippen LogP contribution in [0.25, 0.3) is 0 Å². The largest absolute Gasteiger partial charge is 0.335 e. The third kappa shape index (κ3) is 5.31. The number of benzene rings is 1. The number of carbonyl (C=O) groups excluding carboxylic acids is 2. The van der Waals surface area contributed by atoms with Crippen molar-refractivity contribution >= 4 is 23.5 Å². The van der Waals surface area contributed by atoms with Gasteiger partial charge in [0.1, 0.15) is 0 Å². The fraction of sp³-hybridized carbons (Fsp3) is 0.500. The molecule has 1 fully saturated rings. The van der Waals surface area contributed by atoms with E-state index in [0.717, 1.165) is 31.2 Å². The number of hydrogen-bond acceptors (Lipinski definition) is 3. The first-order valence-electron chi connectivity index (χ1n) is 7.64. The Morgan fingerprint density at radius 2 is 2.05 bits per heavy atom. The van der Waals surface area contributed by atoms with Gasteiger partial charge in [-0.1, -0.05) is 36.6 Å². The van der Waals surface area contributed by atoms with Gasteiger partial charge in [-0.3, -0.25) is 10.1 Å². The van der Waals surface area contributed by atoms with Crippen LogP contribution in [0.5, 0.6) is 0 Å². The van der Waals surface area contributed by atoms with Gasteiger partial charge < -0.3 is 10.6 Å². The molecule has 5 nitrogen and oxygen atoms in total. The molecule has 1 aromatic rings. The standard InChI is InChI=1S/C16H22ClN3O2/c1-11(12-5-4-6-13(17)9-12)18-10-15(21)20-16(22)19-14-7-2-3-8-14/h4-6,9,11,14,18H,2-3,7-8,10H2,1H3,(H2,19,20,21,22)/t11-/m1/s1. The highest BCUT2D eigenvalue weighted by Gasteiger charge is 2.18. The Bertz CT molecular complexity index is 530.